The second-order valence-corrected chi connectivity index (χ2v) is 6.73. The lowest BCUT2D eigenvalue weighted by atomic mass is 10.1. The SMILES string of the molecule is Nc1ncc2c(n1)n([C@@H]1O[C@H]([C@@H](O)CF)C[C@H]1O)c(=O)n2CC1CC1. The highest BCUT2D eigenvalue weighted by Crippen LogP contribution is 2.34. The van der Waals surface area contributed by atoms with Crippen molar-refractivity contribution in [2.24, 2.45) is 5.92 Å². The lowest BCUT2D eigenvalue weighted by Crippen LogP contribution is -2.33. The Morgan fingerprint density at radius 2 is 2.24 bits per heavy atom. The average Bonchev–Trinajstić information content (AvgIpc) is 3.28. The summed E-state index contributed by atoms with van der Waals surface area (Å²) in [6.07, 6.45) is -0.751. The highest BCUT2D eigenvalue weighted by Gasteiger charge is 2.41. The second-order valence-electron chi connectivity index (χ2n) is 6.73. The summed E-state index contributed by atoms with van der Waals surface area (Å²) in [7, 11) is 0. The molecule has 1 saturated heterocycles. The molecule has 4 atom stereocenters. The highest BCUT2D eigenvalue weighted by molar-refractivity contribution is 5.72. The first-order chi connectivity index (χ1) is 12.0. The van der Waals surface area contributed by atoms with Gasteiger partial charge in [0.05, 0.1) is 12.3 Å². The number of nitrogen functional groups attached to an aromatic ring is 1. The maximum absolute atomic E-state index is 12.9. The maximum atomic E-state index is 12.9. The van der Waals surface area contributed by atoms with Crippen LogP contribution in [-0.4, -0.2) is 54.3 Å². The van der Waals surface area contributed by atoms with Gasteiger partial charge in [-0.05, 0) is 18.8 Å². The van der Waals surface area contributed by atoms with Gasteiger partial charge in [0.15, 0.2) is 11.9 Å². The van der Waals surface area contributed by atoms with Crippen LogP contribution in [0.2, 0.25) is 0 Å². The molecular weight excluding hydrogens is 333 g/mol. The van der Waals surface area contributed by atoms with Crippen LogP contribution in [0.15, 0.2) is 11.0 Å². The molecule has 3 heterocycles. The van der Waals surface area contributed by atoms with Crippen LogP contribution in [0.5, 0.6) is 0 Å². The molecule has 0 spiro atoms. The molecule has 1 saturated carbocycles. The van der Waals surface area contributed by atoms with Gasteiger partial charge in [0.2, 0.25) is 5.95 Å². The van der Waals surface area contributed by atoms with Crippen molar-refractivity contribution in [3.63, 3.8) is 0 Å². The minimum atomic E-state index is -1.35. The number of rotatable bonds is 5. The van der Waals surface area contributed by atoms with E-state index in [0.29, 0.717) is 18.0 Å². The van der Waals surface area contributed by atoms with Crippen molar-refractivity contribution in [1.29, 1.82) is 0 Å². The Morgan fingerprint density at radius 3 is 2.92 bits per heavy atom. The van der Waals surface area contributed by atoms with E-state index in [1.54, 1.807) is 4.57 Å². The Balaban J connectivity index is 1.79. The Labute approximate surface area is 141 Å². The van der Waals surface area contributed by atoms with E-state index in [2.05, 4.69) is 9.97 Å². The topological polar surface area (TPSA) is 128 Å². The van der Waals surface area contributed by atoms with E-state index in [9.17, 15) is 19.4 Å². The van der Waals surface area contributed by atoms with E-state index in [0.717, 1.165) is 12.8 Å². The third-order valence-electron chi connectivity index (χ3n) is 4.82. The van der Waals surface area contributed by atoms with Crippen LogP contribution in [0.3, 0.4) is 0 Å². The number of imidazole rings is 1. The second kappa shape index (κ2) is 6.04. The molecule has 2 aromatic rings. The fourth-order valence-electron chi connectivity index (χ4n) is 3.30. The fraction of sp³-hybridized carbons (Fsp3) is 0.667. The van der Waals surface area contributed by atoms with E-state index in [1.165, 1.54) is 10.8 Å². The first-order valence-electron chi connectivity index (χ1n) is 8.30. The number of ether oxygens (including phenoxy) is 1. The van der Waals surface area contributed by atoms with Crippen molar-refractivity contribution in [2.75, 3.05) is 12.4 Å². The molecule has 136 valence electrons. The van der Waals surface area contributed by atoms with Crippen molar-refractivity contribution < 1.29 is 19.3 Å². The first kappa shape index (κ1) is 16.4. The summed E-state index contributed by atoms with van der Waals surface area (Å²) in [6, 6.07) is 0. The van der Waals surface area contributed by atoms with Gasteiger partial charge in [-0.2, -0.15) is 4.98 Å². The van der Waals surface area contributed by atoms with Gasteiger partial charge in [-0.1, -0.05) is 0 Å². The zero-order valence-electron chi connectivity index (χ0n) is 13.5. The van der Waals surface area contributed by atoms with E-state index in [1.807, 2.05) is 0 Å². The molecule has 4 rings (SSSR count). The predicted molar refractivity (Wildman–Crippen MR) is 85.4 cm³/mol. The third kappa shape index (κ3) is 2.79. The van der Waals surface area contributed by atoms with Crippen LogP contribution < -0.4 is 11.4 Å². The van der Waals surface area contributed by atoms with E-state index in [4.69, 9.17) is 10.5 Å². The lowest BCUT2D eigenvalue weighted by Gasteiger charge is -2.17. The van der Waals surface area contributed by atoms with Gasteiger partial charge in [0.25, 0.3) is 0 Å². The standard InChI is InChI=1S/C15H20FN5O4/c16-4-10(23)11-3-9(22)13(25-11)21-12-8(5-18-14(17)19-12)20(15(21)24)6-7-1-2-7/h5,7,9-11,13,22-23H,1-4,6H2,(H2,17,18,19)/t9-,10+,11+,13-/m1/s1. The summed E-state index contributed by atoms with van der Waals surface area (Å²) in [5, 5.41) is 20.0. The van der Waals surface area contributed by atoms with Crippen LogP contribution in [-0.2, 0) is 11.3 Å². The van der Waals surface area contributed by atoms with Gasteiger partial charge < -0.3 is 20.7 Å². The number of nitrogens with two attached hydrogens (primary N) is 1. The summed E-state index contributed by atoms with van der Waals surface area (Å²) in [5.41, 5.74) is 6.04. The number of alkyl halides is 1. The molecule has 0 unspecified atom stereocenters. The number of nitrogens with zero attached hydrogens (tertiary/aromatic N) is 4. The van der Waals surface area contributed by atoms with Crippen molar-refractivity contribution in [3.05, 3.63) is 16.7 Å². The number of hydrogen-bond donors (Lipinski definition) is 3. The number of aromatic nitrogens is 4. The third-order valence-corrected chi connectivity index (χ3v) is 4.82. The van der Waals surface area contributed by atoms with Crippen molar-refractivity contribution >= 4 is 17.1 Å². The minimum absolute atomic E-state index is 0.00217. The molecule has 2 aromatic heterocycles. The predicted octanol–water partition coefficient (Wildman–Crippen LogP) is -0.436. The average molecular weight is 353 g/mol. The Hall–Kier alpha value is -2.04. The van der Waals surface area contributed by atoms with Crippen molar-refractivity contribution in [1.82, 2.24) is 19.1 Å². The minimum Gasteiger partial charge on any atom is -0.388 e. The molecule has 0 aromatic carbocycles. The van der Waals surface area contributed by atoms with Gasteiger partial charge >= 0.3 is 5.69 Å². The Kier molecular flexibility index (Phi) is 3.97. The summed E-state index contributed by atoms with van der Waals surface area (Å²) >= 11 is 0. The molecule has 4 N–H and O–H groups in total. The maximum Gasteiger partial charge on any atom is 0.332 e. The molecular formula is C15H20FN5O4. The molecule has 25 heavy (non-hydrogen) atoms. The number of halogens is 1. The van der Waals surface area contributed by atoms with Crippen LogP contribution in [0.1, 0.15) is 25.5 Å². The number of hydrogen-bond acceptors (Lipinski definition) is 7. The number of aliphatic hydroxyl groups is 2. The number of fused-ring (bicyclic) bond motifs is 1. The molecule has 9 nitrogen and oxygen atoms in total. The van der Waals surface area contributed by atoms with Gasteiger partial charge in [-0.3, -0.25) is 4.57 Å². The van der Waals surface area contributed by atoms with Crippen molar-refractivity contribution in [3.8, 4) is 0 Å². The van der Waals surface area contributed by atoms with E-state index in [-0.39, 0.29) is 23.7 Å². The molecule has 1 aliphatic heterocycles. The fourth-order valence-corrected chi connectivity index (χ4v) is 3.30. The smallest absolute Gasteiger partial charge is 0.332 e. The van der Waals surface area contributed by atoms with Crippen LogP contribution in [0, 0.1) is 5.92 Å². The Bertz CT molecular complexity index is 848. The molecule has 0 radical (unpaired) electrons. The molecule has 2 fully saturated rings. The van der Waals surface area contributed by atoms with Crippen molar-refractivity contribution in [2.45, 2.75) is 50.3 Å². The van der Waals surface area contributed by atoms with Crippen LogP contribution in [0.4, 0.5) is 10.3 Å². The molecule has 0 amide bonds. The monoisotopic (exact) mass is 353 g/mol. The normalized spacial score (nSPS) is 27.9. The molecule has 2 aliphatic rings. The van der Waals surface area contributed by atoms with Crippen LogP contribution in [0.25, 0.3) is 11.2 Å². The number of aliphatic hydroxyl groups excluding tert-OH is 2. The van der Waals surface area contributed by atoms with E-state index >= 15 is 0 Å². The van der Waals surface area contributed by atoms with Gasteiger partial charge in [0, 0.05) is 13.0 Å². The largest absolute Gasteiger partial charge is 0.388 e. The molecule has 0 bridgehead atoms. The first-order valence-corrected chi connectivity index (χ1v) is 8.30. The molecule has 1 aliphatic carbocycles. The van der Waals surface area contributed by atoms with Gasteiger partial charge in [-0.15, -0.1) is 0 Å². The zero-order chi connectivity index (χ0) is 17.7. The summed E-state index contributed by atoms with van der Waals surface area (Å²) < 4.78 is 21.1. The summed E-state index contributed by atoms with van der Waals surface area (Å²) in [4.78, 5) is 21.0. The zero-order valence-corrected chi connectivity index (χ0v) is 13.5. The molecule has 10 heteroatoms. The Morgan fingerprint density at radius 1 is 1.48 bits per heavy atom. The quantitative estimate of drug-likeness (QED) is 0.665. The highest BCUT2D eigenvalue weighted by atomic mass is 19.1. The van der Waals surface area contributed by atoms with Gasteiger partial charge in [-0.25, -0.2) is 18.7 Å². The number of anilines is 1. The van der Waals surface area contributed by atoms with E-state index < -0.39 is 31.2 Å². The summed E-state index contributed by atoms with van der Waals surface area (Å²) in [6.45, 7) is -0.452. The summed E-state index contributed by atoms with van der Waals surface area (Å²) in [5.74, 6) is 0.433. The van der Waals surface area contributed by atoms with Gasteiger partial charge in [0.1, 0.15) is 24.4 Å². The lowest BCUT2D eigenvalue weighted by molar-refractivity contribution is -0.0797. The van der Waals surface area contributed by atoms with Crippen LogP contribution >= 0.6 is 0 Å².